The number of amides is 2. The third kappa shape index (κ3) is 6.05. The number of nitrogens with zero attached hydrogens (tertiary/aromatic N) is 1. The van der Waals surface area contributed by atoms with Crippen molar-refractivity contribution in [2.24, 2.45) is 5.92 Å². The molecule has 0 heterocycles. The zero-order valence-electron chi connectivity index (χ0n) is 14.8. The Labute approximate surface area is 156 Å². The molecule has 2 amide bonds. The fraction of sp³-hybridized carbons (Fsp3) is 0.500. The summed E-state index contributed by atoms with van der Waals surface area (Å²) in [6.45, 7) is 0.0894. The molecule has 1 aliphatic rings. The van der Waals surface area contributed by atoms with Gasteiger partial charge in [-0.3, -0.25) is 24.5 Å². The van der Waals surface area contributed by atoms with Gasteiger partial charge in [0.25, 0.3) is 11.6 Å². The lowest BCUT2D eigenvalue weighted by molar-refractivity contribution is -0.384. The smallest absolute Gasteiger partial charge is 0.308 e. The zero-order chi connectivity index (χ0) is 19.8. The minimum Gasteiger partial charge on any atom is -0.481 e. The molecule has 0 saturated heterocycles. The number of benzene rings is 1. The Morgan fingerprint density at radius 1 is 1.11 bits per heavy atom. The van der Waals surface area contributed by atoms with E-state index in [0.29, 0.717) is 12.8 Å². The van der Waals surface area contributed by atoms with Crippen LogP contribution in [0.1, 0.15) is 48.9 Å². The molecule has 3 N–H and O–H groups in total. The van der Waals surface area contributed by atoms with Crippen molar-refractivity contribution in [3.8, 4) is 0 Å². The molecule has 1 aromatic carbocycles. The molecule has 146 valence electrons. The summed E-state index contributed by atoms with van der Waals surface area (Å²) in [5.74, 6) is -2.22. The minimum atomic E-state index is -0.895. The van der Waals surface area contributed by atoms with E-state index in [-0.39, 0.29) is 36.2 Å². The minimum absolute atomic E-state index is 0.0293. The SMILES string of the molecule is O=C(CCNC(=O)c1ccc([N+](=O)[O-])cc1)N[C@H]1CCCCC[C@H]1C(=O)O. The molecule has 0 unspecified atom stereocenters. The summed E-state index contributed by atoms with van der Waals surface area (Å²) in [4.78, 5) is 45.5. The van der Waals surface area contributed by atoms with Crippen LogP contribution in [0, 0.1) is 16.0 Å². The van der Waals surface area contributed by atoms with Gasteiger partial charge < -0.3 is 15.7 Å². The van der Waals surface area contributed by atoms with Crippen LogP contribution in [-0.4, -0.2) is 40.4 Å². The average Bonchev–Trinajstić information content (AvgIpc) is 2.87. The summed E-state index contributed by atoms with van der Waals surface area (Å²) in [5, 5.41) is 25.3. The summed E-state index contributed by atoms with van der Waals surface area (Å²) in [7, 11) is 0. The molecule has 0 radical (unpaired) electrons. The number of carbonyl (C=O) groups excluding carboxylic acids is 2. The Balaban J connectivity index is 1.80. The molecule has 1 fully saturated rings. The molecule has 2 atom stereocenters. The van der Waals surface area contributed by atoms with Crippen molar-refractivity contribution in [1.29, 1.82) is 0 Å². The molecule has 9 nitrogen and oxygen atoms in total. The van der Waals surface area contributed by atoms with E-state index in [1.54, 1.807) is 0 Å². The molecule has 0 aliphatic heterocycles. The van der Waals surface area contributed by atoms with Gasteiger partial charge in [-0.05, 0) is 25.0 Å². The van der Waals surface area contributed by atoms with Gasteiger partial charge in [0, 0.05) is 36.7 Å². The van der Waals surface area contributed by atoms with E-state index in [1.165, 1.54) is 24.3 Å². The quantitative estimate of drug-likeness (QED) is 0.377. The second-order valence-electron chi connectivity index (χ2n) is 6.57. The topological polar surface area (TPSA) is 139 Å². The molecule has 0 spiro atoms. The molecule has 2 rings (SSSR count). The van der Waals surface area contributed by atoms with Crippen LogP contribution in [0.2, 0.25) is 0 Å². The number of hydrogen-bond donors (Lipinski definition) is 3. The first-order valence-electron chi connectivity index (χ1n) is 8.93. The lowest BCUT2D eigenvalue weighted by Crippen LogP contribution is -2.43. The number of nitrogens with one attached hydrogen (secondary N) is 2. The number of aliphatic carboxylic acids is 1. The van der Waals surface area contributed by atoms with Crippen LogP contribution in [0.3, 0.4) is 0 Å². The highest BCUT2D eigenvalue weighted by atomic mass is 16.6. The molecule has 0 aromatic heterocycles. The standard InChI is InChI=1S/C18H23N3O6/c22-16(20-15-5-3-1-2-4-14(15)18(24)25)10-11-19-17(23)12-6-8-13(9-7-12)21(26)27/h6-9,14-15H,1-5,10-11H2,(H,19,23)(H,20,22)(H,24,25)/t14-,15+/m1/s1. The van der Waals surface area contributed by atoms with Crippen molar-refractivity contribution < 1.29 is 24.4 Å². The second-order valence-corrected chi connectivity index (χ2v) is 6.57. The third-order valence-electron chi connectivity index (χ3n) is 4.66. The first kappa shape index (κ1) is 20.3. The van der Waals surface area contributed by atoms with Gasteiger partial charge in [-0.1, -0.05) is 19.3 Å². The van der Waals surface area contributed by atoms with E-state index in [9.17, 15) is 29.6 Å². The molecular formula is C18H23N3O6. The number of nitro groups is 1. The molecular weight excluding hydrogens is 354 g/mol. The molecule has 1 aromatic rings. The Morgan fingerprint density at radius 3 is 2.41 bits per heavy atom. The number of hydrogen-bond acceptors (Lipinski definition) is 5. The zero-order valence-corrected chi connectivity index (χ0v) is 14.8. The lowest BCUT2D eigenvalue weighted by atomic mass is 9.95. The van der Waals surface area contributed by atoms with E-state index < -0.39 is 22.7 Å². The van der Waals surface area contributed by atoms with Crippen LogP contribution in [0.15, 0.2) is 24.3 Å². The normalized spacial score (nSPS) is 19.6. The highest BCUT2D eigenvalue weighted by Gasteiger charge is 2.30. The van der Waals surface area contributed by atoms with Crippen molar-refractivity contribution >= 4 is 23.5 Å². The Kier molecular flexibility index (Phi) is 7.27. The monoisotopic (exact) mass is 377 g/mol. The predicted octanol–water partition coefficient (Wildman–Crippen LogP) is 1.86. The number of rotatable bonds is 7. The maximum absolute atomic E-state index is 12.1. The average molecular weight is 377 g/mol. The predicted molar refractivity (Wildman–Crippen MR) is 96.2 cm³/mol. The van der Waals surface area contributed by atoms with Crippen LogP contribution >= 0.6 is 0 Å². The van der Waals surface area contributed by atoms with Crippen LogP contribution in [0.4, 0.5) is 5.69 Å². The summed E-state index contributed by atoms with van der Waals surface area (Å²) in [6.07, 6.45) is 3.90. The summed E-state index contributed by atoms with van der Waals surface area (Å²) in [5.41, 5.74) is 0.151. The van der Waals surface area contributed by atoms with Gasteiger partial charge in [0.05, 0.1) is 10.8 Å². The number of carbonyl (C=O) groups is 3. The van der Waals surface area contributed by atoms with Gasteiger partial charge in [0.15, 0.2) is 0 Å². The Hall–Kier alpha value is -2.97. The maximum Gasteiger partial charge on any atom is 0.308 e. The highest BCUT2D eigenvalue weighted by molar-refractivity contribution is 5.94. The van der Waals surface area contributed by atoms with Crippen molar-refractivity contribution in [3.05, 3.63) is 39.9 Å². The molecule has 9 heteroatoms. The number of carboxylic acids is 1. The Bertz CT molecular complexity index is 704. The van der Waals surface area contributed by atoms with Crippen LogP contribution < -0.4 is 10.6 Å². The first-order chi connectivity index (χ1) is 12.9. The van der Waals surface area contributed by atoms with Crippen molar-refractivity contribution in [2.75, 3.05) is 6.54 Å². The van der Waals surface area contributed by atoms with Crippen LogP contribution in [0.25, 0.3) is 0 Å². The fourth-order valence-corrected chi connectivity index (χ4v) is 3.18. The molecule has 1 saturated carbocycles. The van der Waals surface area contributed by atoms with E-state index >= 15 is 0 Å². The van der Waals surface area contributed by atoms with Gasteiger partial charge in [-0.25, -0.2) is 0 Å². The van der Waals surface area contributed by atoms with Crippen molar-refractivity contribution in [2.45, 2.75) is 44.6 Å². The molecule has 27 heavy (non-hydrogen) atoms. The van der Waals surface area contributed by atoms with Gasteiger partial charge in [-0.2, -0.15) is 0 Å². The van der Waals surface area contributed by atoms with Gasteiger partial charge >= 0.3 is 5.97 Å². The number of carboxylic acid groups (broad SMARTS) is 1. The number of non-ortho nitro benzene ring substituents is 1. The first-order valence-corrected chi connectivity index (χ1v) is 8.93. The molecule has 0 bridgehead atoms. The summed E-state index contributed by atoms with van der Waals surface area (Å²) < 4.78 is 0. The van der Waals surface area contributed by atoms with Gasteiger partial charge in [-0.15, -0.1) is 0 Å². The van der Waals surface area contributed by atoms with Gasteiger partial charge in [0.2, 0.25) is 5.91 Å². The van der Waals surface area contributed by atoms with E-state index in [0.717, 1.165) is 19.3 Å². The maximum atomic E-state index is 12.1. The van der Waals surface area contributed by atoms with Gasteiger partial charge in [0.1, 0.15) is 0 Å². The van der Waals surface area contributed by atoms with E-state index in [1.807, 2.05) is 0 Å². The Morgan fingerprint density at radius 2 is 1.78 bits per heavy atom. The number of nitro benzene ring substituents is 1. The fourth-order valence-electron chi connectivity index (χ4n) is 3.18. The second kappa shape index (κ2) is 9.65. The third-order valence-corrected chi connectivity index (χ3v) is 4.66. The van der Waals surface area contributed by atoms with Crippen molar-refractivity contribution in [3.63, 3.8) is 0 Å². The summed E-state index contributed by atoms with van der Waals surface area (Å²) in [6, 6.07) is 4.77. The van der Waals surface area contributed by atoms with E-state index in [4.69, 9.17) is 0 Å². The van der Waals surface area contributed by atoms with Crippen LogP contribution in [-0.2, 0) is 9.59 Å². The molecule has 1 aliphatic carbocycles. The van der Waals surface area contributed by atoms with Crippen LogP contribution in [0.5, 0.6) is 0 Å². The summed E-state index contributed by atoms with van der Waals surface area (Å²) >= 11 is 0. The lowest BCUT2D eigenvalue weighted by Gasteiger charge is -2.22. The largest absolute Gasteiger partial charge is 0.481 e. The van der Waals surface area contributed by atoms with E-state index in [2.05, 4.69) is 10.6 Å². The van der Waals surface area contributed by atoms with Crippen molar-refractivity contribution in [1.82, 2.24) is 10.6 Å². The highest BCUT2D eigenvalue weighted by Crippen LogP contribution is 2.23.